The van der Waals surface area contributed by atoms with Crippen molar-refractivity contribution in [2.75, 3.05) is 6.61 Å². The summed E-state index contributed by atoms with van der Waals surface area (Å²) in [6, 6.07) is -0.660. The molecule has 4 nitrogen and oxygen atoms in total. The lowest BCUT2D eigenvalue weighted by Gasteiger charge is -2.19. The van der Waals surface area contributed by atoms with Crippen molar-refractivity contribution in [3.63, 3.8) is 0 Å². The van der Waals surface area contributed by atoms with Gasteiger partial charge in [0.1, 0.15) is 0 Å². The number of carbonyl (C=O) groups is 1. The third-order valence-corrected chi connectivity index (χ3v) is 13.3. The summed E-state index contributed by atoms with van der Waals surface area (Å²) < 4.78 is 0. The zero-order valence-electron chi connectivity index (χ0n) is 48.3. The average molecular weight is 1020 g/mol. The van der Waals surface area contributed by atoms with Crippen LogP contribution in [0.1, 0.15) is 271 Å². The highest BCUT2D eigenvalue weighted by Gasteiger charge is 2.18. The van der Waals surface area contributed by atoms with Gasteiger partial charge in [-0.2, -0.15) is 0 Å². The second-order valence-corrected chi connectivity index (χ2v) is 20.4. The predicted octanol–water partition coefficient (Wildman–Crippen LogP) is 21.1. The van der Waals surface area contributed by atoms with Crippen LogP contribution in [0.5, 0.6) is 0 Å². The molecule has 4 heteroatoms. The van der Waals surface area contributed by atoms with Crippen LogP contribution in [0.4, 0.5) is 0 Å². The minimum atomic E-state index is -0.881. The molecule has 0 aliphatic heterocycles. The molecule has 0 saturated heterocycles. The molecule has 0 rings (SSSR count). The van der Waals surface area contributed by atoms with Crippen molar-refractivity contribution >= 4 is 5.91 Å². The molecule has 0 bridgehead atoms. The molecule has 2 atom stereocenters. The largest absolute Gasteiger partial charge is 0.394 e. The molecule has 0 aliphatic rings. The lowest BCUT2D eigenvalue weighted by Crippen LogP contribution is -2.45. The lowest BCUT2D eigenvalue weighted by atomic mass is 10.0. The van der Waals surface area contributed by atoms with Crippen molar-refractivity contribution in [1.82, 2.24) is 5.32 Å². The first kappa shape index (κ1) is 70.3. The maximum atomic E-state index is 12.5. The third-order valence-electron chi connectivity index (χ3n) is 13.3. The van der Waals surface area contributed by atoms with E-state index in [2.05, 4.69) is 153 Å². The van der Waals surface area contributed by atoms with Crippen LogP contribution in [0.25, 0.3) is 0 Å². The number of amides is 1. The van der Waals surface area contributed by atoms with Gasteiger partial charge in [-0.3, -0.25) is 4.79 Å². The van der Waals surface area contributed by atoms with Gasteiger partial charge in [0.25, 0.3) is 0 Å². The molecule has 420 valence electrons. The van der Waals surface area contributed by atoms with Gasteiger partial charge in [-0.05, 0) is 109 Å². The van der Waals surface area contributed by atoms with E-state index in [0.29, 0.717) is 6.42 Å². The monoisotopic (exact) mass is 1020 g/mol. The first-order valence-corrected chi connectivity index (χ1v) is 31.0. The Kier molecular flexibility index (Phi) is 60.4. The molecule has 0 heterocycles. The van der Waals surface area contributed by atoms with Crippen LogP contribution in [-0.2, 0) is 4.79 Å². The van der Waals surface area contributed by atoms with Crippen LogP contribution < -0.4 is 5.32 Å². The molecule has 0 fully saturated rings. The molecule has 0 aromatic heterocycles. The fourth-order valence-electron chi connectivity index (χ4n) is 8.64. The van der Waals surface area contributed by atoms with Crippen molar-refractivity contribution in [1.29, 1.82) is 0 Å². The Balaban J connectivity index is 3.66. The number of nitrogens with one attached hydrogen (secondary N) is 1. The van der Waals surface area contributed by atoms with Gasteiger partial charge in [-0.1, -0.05) is 301 Å². The normalized spacial score (nSPS) is 13.8. The van der Waals surface area contributed by atoms with E-state index in [4.69, 9.17) is 0 Å². The summed E-state index contributed by atoms with van der Waals surface area (Å²) in [6.07, 6.45) is 100. The summed E-state index contributed by atoms with van der Waals surface area (Å²) in [5, 5.41) is 23.2. The highest BCUT2D eigenvalue weighted by Crippen LogP contribution is 2.16. The number of rotatable bonds is 55. The quantitative estimate of drug-likeness (QED) is 0.0420. The zero-order chi connectivity index (χ0) is 53.4. The van der Waals surface area contributed by atoms with Crippen molar-refractivity contribution in [3.05, 3.63) is 146 Å². The van der Waals surface area contributed by atoms with Gasteiger partial charge in [-0.15, -0.1) is 0 Å². The maximum Gasteiger partial charge on any atom is 0.220 e. The summed E-state index contributed by atoms with van der Waals surface area (Å²) in [5.74, 6) is -0.0926. The molecule has 0 aromatic carbocycles. The first-order valence-electron chi connectivity index (χ1n) is 31.0. The Bertz CT molecular complexity index is 1530. The Morgan fingerprint density at radius 2 is 0.608 bits per heavy atom. The van der Waals surface area contributed by atoms with Crippen molar-refractivity contribution in [2.24, 2.45) is 0 Å². The summed E-state index contributed by atoms with van der Waals surface area (Å²) >= 11 is 0. The van der Waals surface area contributed by atoms with Crippen molar-refractivity contribution in [3.8, 4) is 0 Å². The van der Waals surface area contributed by atoms with Crippen LogP contribution in [0.15, 0.2) is 146 Å². The number of unbranched alkanes of at least 4 members (excludes halogenated alkanes) is 26. The van der Waals surface area contributed by atoms with Gasteiger partial charge in [0.15, 0.2) is 0 Å². The van der Waals surface area contributed by atoms with Crippen LogP contribution in [0.2, 0.25) is 0 Å². The van der Waals surface area contributed by atoms with Gasteiger partial charge >= 0.3 is 0 Å². The van der Waals surface area contributed by atoms with E-state index >= 15 is 0 Å². The second kappa shape index (κ2) is 63.6. The van der Waals surface area contributed by atoms with E-state index in [9.17, 15) is 15.0 Å². The number of allylic oxidation sites excluding steroid dienone is 23. The number of hydrogen-bond acceptors (Lipinski definition) is 3. The Morgan fingerprint density at radius 1 is 0.338 bits per heavy atom. The van der Waals surface area contributed by atoms with Gasteiger partial charge < -0.3 is 15.5 Å². The van der Waals surface area contributed by atoms with Crippen LogP contribution >= 0.6 is 0 Å². The Morgan fingerprint density at radius 3 is 0.946 bits per heavy atom. The lowest BCUT2D eigenvalue weighted by molar-refractivity contribution is -0.123. The molecule has 0 aromatic rings. The fraction of sp³-hybridized carbons (Fsp3) is 0.643. The summed E-state index contributed by atoms with van der Waals surface area (Å²) in [5.41, 5.74) is 0. The molecule has 0 spiro atoms. The minimum absolute atomic E-state index is 0.0926. The van der Waals surface area contributed by atoms with Crippen molar-refractivity contribution in [2.45, 2.75) is 283 Å². The Hall–Kier alpha value is -3.73. The van der Waals surface area contributed by atoms with Gasteiger partial charge in [0, 0.05) is 6.42 Å². The molecular weight excluding hydrogens is 903 g/mol. The first-order chi connectivity index (χ1) is 36.7. The van der Waals surface area contributed by atoms with E-state index in [-0.39, 0.29) is 12.5 Å². The number of carbonyl (C=O) groups excluding carboxylic acids is 1. The van der Waals surface area contributed by atoms with Crippen LogP contribution in [0, 0.1) is 0 Å². The third kappa shape index (κ3) is 59.2. The molecule has 0 radical (unpaired) electrons. The van der Waals surface area contributed by atoms with Crippen LogP contribution in [-0.4, -0.2) is 34.9 Å². The topological polar surface area (TPSA) is 69.6 Å². The summed E-state index contributed by atoms with van der Waals surface area (Å²) in [7, 11) is 0. The maximum absolute atomic E-state index is 12.5. The number of hydrogen-bond donors (Lipinski definition) is 3. The van der Waals surface area contributed by atoms with Crippen LogP contribution in [0.3, 0.4) is 0 Å². The van der Waals surface area contributed by atoms with Gasteiger partial charge in [-0.25, -0.2) is 0 Å². The Labute approximate surface area is 459 Å². The second-order valence-electron chi connectivity index (χ2n) is 20.4. The zero-order valence-corrected chi connectivity index (χ0v) is 48.3. The molecule has 1 amide bonds. The molecule has 3 N–H and O–H groups in total. The smallest absolute Gasteiger partial charge is 0.220 e. The highest BCUT2D eigenvalue weighted by molar-refractivity contribution is 5.76. The van der Waals surface area contributed by atoms with Gasteiger partial charge in [0.05, 0.1) is 18.8 Å². The van der Waals surface area contributed by atoms with E-state index in [1.54, 1.807) is 6.08 Å². The molecular formula is C70H117NO3. The molecule has 2 unspecified atom stereocenters. The fourth-order valence-corrected chi connectivity index (χ4v) is 8.64. The number of aliphatic hydroxyl groups excluding tert-OH is 2. The van der Waals surface area contributed by atoms with Crippen molar-refractivity contribution < 1.29 is 15.0 Å². The standard InChI is InChI=1S/C70H117NO3/c1-3-5-7-9-11-13-15-17-19-21-23-25-27-29-30-31-32-33-34-35-36-37-38-39-40-42-44-46-48-50-52-54-56-58-60-62-64-66-70(74)71-68(67-72)69(73)65-63-61-59-57-55-53-51-49-47-45-43-41-28-26-24-22-20-18-16-14-12-10-8-6-4-2/h5,7,11,13,17,19,23,25,29-30,32-33,35-36,38-39,42,44,48,50,55,57,63,65,68-69,72-73H,3-4,6,8-10,12,14-16,18,20-22,24,26-28,31,34,37,40-41,43,45-47,49,51-54,56,58-62,64,66-67H2,1-2H3,(H,71,74)/b7-5-,13-11-,19-17-,25-23-,30-29-,33-32-,36-35-,39-38-,44-42-,50-48-,57-55+,65-63+. The van der Waals surface area contributed by atoms with Gasteiger partial charge in [0.2, 0.25) is 5.91 Å². The molecule has 74 heavy (non-hydrogen) atoms. The number of aliphatic hydroxyl groups is 2. The summed E-state index contributed by atoms with van der Waals surface area (Å²) in [4.78, 5) is 12.5. The van der Waals surface area contributed by atoms with E-state index in [1.807, 2.05) is 6.08 Å². The SMILES string of the molecule is CC/C=C\C/C=C\C/C=C\C/C=C\C/C=C\C/C=C\C/C=C\C/C=C\C/C=C\C/C=C\CCCCCCCCC(=O)NC(CO)C(O)/C=C/CC/C=C/CCCCCCCCCCCCCCCCCCCCC. The van der Waals surface area contributed by atoms with E-state index in [1.165, 1.54) is 141 Å². The van der Waals surface area contributed by atoms with E-state index in [0.717, 1.165) is 109 Å². The predicted molar refractivity (Wildman–Crippen MR) is 331 cm³/mol. The molecule has 0 saturated carbocycles. The summed E-state index contributed by atoms with van der Waals surface area (Å²) in [6.45, 7) is 4.19. The highest BCUT2D eigenvalue weighted by atomic mass is 16.3. The van der Waals surface area contributed by atoms with E-state index < -0.39 is 12.1 Å². The average Bonchev–Trinajstić information content (AvgIpc) is 3.40. The molecule has 0 aliphatic carbocycles. The minimum Gasteiger partial charge on any atom is -0.394 e.